The number of H-pyrrole nitrogens is 1. The number of hydrogen-bond donors (Lipinski definition) is 2. The zero-order chi connectivity index (χ0) is 26.9. The first-order valence-electron chi connectivity index (χ1n) is 12.6. The molecule has 6 rings (SSSR count). The number of imidazole rings is 1. The number of rotatable bonds is 6. The number of esters is 1. The minimum Gasteiger partial charge on any atom is -0.494 e. The Hall–Kier alpha value is -5.05. The van der Waals surface area contributed by atoms with E-state index in [0.717, 1.165) is 17.0 Å². The lowest BCUT2D eigenvalue weighted by atomic mass is 9.99. The molecule has 0 saturated carbocycles. The van der Waals surface area contributed by atoms with Gasteiger partial charge in [-0.3, -0.25) is 0 Å². The number of aromatic nitrogens is 3. The lowest BCUT2D eigenvalue weighted by Gasteiger charge is -2.19. The molecule has 0 unspecified atom stereocenters. The van der Waals surface area contributed by atoms with Gasteiger partial charge in [-0.2, -0.15) is 0 Å². The van der Waals surface area contributed by atoms with Gasteiger partial charge in [-0.05, 0) is 61.5 Å². The summed E-state index contributed by atoms with van der Waals surface area (Å²) in [4.78, 5) is 24.7. The van der Waals surface area contributed by atoms with Crippen molar-refractivity contribution in [3.05, 3.63) is 89.7 Å². The van der Waals surface area contributed by atoms with Gasteiger partial charge in [-0.25, -0.2) is 14.8 Å². The van der Waals surface area contributed by atoms with Crippen molar-refractivity contribution < 1.29 is 24.1 Å². The lowest BCUT2D eigenvalue weighted by molar-refractivity contribution is 0.0526. The van der Waals surface area contributed by atoms with Crippen LogP contribution in [-0.4, -0.2) is 51.1 Å². The minimum atomic E-state index is -0.427. The molecule has 0 aliphatic carbocycles. The van der Waals surface area contributed by atoms with Crippen LogP contribution in [0, 0.1) is 0 Å². The van der Waals surface area contributed by atoms with Crippen molar-refractivity contribution >= 4 is 28.3 Å². The van der Waals surface area contributed by atoms with Crippen molar-refractivity contribution in [2.75, 3.05) is 19.8 Å². The Morgan fingerprint density at radius 2 is 1.82 bits per heavy atom. The number of aromatic amines is 1. The third kappa shape index (κ3) is 4.59. The maximum Gasteiger partial charge on any atom is 0.338 e. The molecule has 0 atom stereocenters. The van der Waals surface area contributed by atoms with Crippen molar-refractivity contribution in [2.24, 2.45) is 12.0 Å². The van der Waals surface area contributed by atoms with Gasteiger partial charge in [-0.1, -0.05) is 6.07 Å². The number of hydrogen-bond acceptors (Lipinski definition) is 7. The van der Waals surface area contributed by atoms with E-state index in [9.17, 15) is 9.90 Å². The van der Waals surface area contributed by atoms with Gasteiger partial charge in [0.05, 0.1) is 29.1 Å². The number of benzene rings is 3. The van der Waals surface area contributed by atoms with E-state index in [2.05, 4.69) is 9.97 Å². The first kappa shape index (κ1) is 24.3. The first-order chi connectivity index (χ1) is 19.0. The van der Waals surface area contributed by atoms with Crippen LogP contribution < -0.4 is 9.47 Å². The molecule has 9 heteroatoms. The first-order valence-corrected chi connectivity index (χ1v) is 12.6. The minimum absolute atomic E-state index is 0.0655. The van der Waals surface area contributed by atoms with Crippen LogP contribution in [0.25, 0.3) is 22.3 Å². The van der Waals surface area contributed by atoms with Crippen LogP contribution in [0.1, 0.15) is 28.4 Å². The van der Waals surface area contributed by atoms with Crippen LogP contribution >= 0.6 is 0 Å². The van der Waals surface area contributed by atoms with E-state index >= 15 is 0 Å². The number of ether oxygens (including phenoxy) is 3. The predicted molar refractivity (Wildman–Crippen MR) is 147 cm³/mol. The Labute approximate surface area is 224 Å². The third-order valence-electron chi connectivity index (χ3n) is 6.53. The third-order valence-corrected chi connectivity index (χ3v) is 6.53. The Balaban J connectivity index is 1.48. The maximum atomic E-state index is 12.3. The van der Waals surface area contributed by atoms with Crippen LogP contribution in [0.3, 0.4) is 0 Å². The molecule has 0 spiro atoms. The molecule has 0 bridgehead atoms. The zero-order valence-corrected chi connectivity index (χ0v) is 21.5. The second kappa shape index (κ2) is 10.0. The molecule has 9 nitrogen and oxygen atoms in total. The molecular weight excluding hydrogens is 496 g/mol. The Morgan fingerprint density at radius 1 is 1.05 bits per heavy atom. The highest BCUT2D eigenvalue weighted by atomic mass is 16.6. The summed E-state index contributed by atoms with van der Waals surface area (Å²) >= 11 is 0. The Morgan fingerprint density at radius 3 is 2.56 bits per heavy atom. The normalized spacial score (nSPS) is 13.0. The molecule has 0 radical (unpaired) electrons. The van der Waals surface area contributed by atoms with E-state index in [0.29, 0.717) is 58.1 Å². The van der Waals surface area contributed by atoms with Gasteiger partial charge in [0, 0.05) is 41.5 Å². The summed E-state index contributed by atoms with van der Waals surface area (Å²) in [6.07, 6.45) is 3.66. The molecule has 3 heterocycles. The molecule has 39 heavy (non-hydrogen) atoms. The van der Waals surface area contributed by atoms with Crippen molar-refractivity contribution in [3.8, 4) is 28.8 Å². The highest BCUT2D eigenvalue weighted by Crippen LogP contribution is 2.36. The molecule has 0 fully saturated rings. The fourth-order valence-corrected chi connectivity index (χ4v) is 4.68. The fraction of sp³-hybridized carbons (Fsp3) is 0.167. The van der Waals surface area contributed by atoms with Crippen molar-refractivity contribution in [1.29, 1.82) is 0 Å². The van der Waals surface area contributed by atoms with E-state index < -0.39 is 5.97 Å². The highest BCUT2D eigenvalue weighted by molar-refractivity contribution is 6.22. The summed E-state index contributed by atoms with van der Waals surface area (Å²) in [7, 11) is 1.95. The van der Waals surface area contributed by atoms with Crippen molar-refractivity contribution in [2.45, 2.75) is 6.92 Å². The van der Waals surface area contributed by atoms with Crippen LogP contribution in [0.2, 0.25) is 0 Å². The average molecular weight is 523 g/mol. The summed E-state index contributed by atoms with van der Waals surface area (Å²) in [6, 6.07) is 18.5. The topological polar surface area (TPSA) is 111 Å². The molecular formula is C30H26N4O5. The van der Waals surface area contributed by atoms with E-state index in [4.69, 9.17) is 19.2 Å². The quantitative estimate of drug-likeness (QED) is 0.228. The number of aliphatic imine (C=N–C) groups is 1. The highest BCUT2D eigenvalue weighted by Gasteiger charge is 2.22. The molecule has 2 aromatic heterocycles. The number of nitrogens with zero attached hydrogens (tertiary/aromatic N) is 3. The van der Waals surface area contributed by atoms with Crippen LogP contribution in [0.5, 0.6) is 17.4 Å². The summed E-state index contributed by atoms with van der Waals surface area (Å²) < 4.78 is 18.6. The molecule has 1 aliphatic heterocycles. The number of nitrogens with one attached hydrogen (secondary N) is 1. The fourth-order valence-electron chi connectivity index (χ4n) is 4.68. The van der Waals surface area contributed by atoms with Crippen molar-refractivity contribution in [1.82, 2.24) is 14.5 Å². The van der Waals surface area contributed by atoms with Gasteiger partial charge in [0.15, 0.2) is 17.4 Å². The molecule has 196 valence electrons. The van der Waals surface area contributed by atoms with E-state index in [1.54, 1.807) is 31.3 Å². The standard InChI is InChI=1S/C30H26N4O5/c1-3-37-30(36)20-6-10-22-23(16-20)33-29(35)26(22)27(19-7-11-24-25(17-19)39-15-14-38-24)32-21-8-4-18(5-9-21)28-31-12-13-34(28)2/h4-13,16-17,33,35H,3,14-15H2,1-2H3. The predicted octanol–water partition coefficient (Wildman–Crippen LogP) is 5.39. The van der Waals surface area contributed by atoms with Crippen LogP contribution in [-0.2, 0) is 11.8 Å². The summed E-state index contributed by atoms with van der Waals surface area (Å²) in [5.74, 6) is 1.63. The van der Waals surface area contributed by atoms with E-state index in [1.165, 1.54) is 0 Å². The average Bonchev–Trinajstić information content (AvgIpc) is 3.53. The summed E-state index contributed by atoms with van der Waals surface area (Å²) in [5.41, 5.74) is 4.40. The second-order valence-electron chi connectivity index (χ2n) is 9.06. The summed E-state index contributed by atoms with van der Waals surface area (Å²) in [5, 5.41) is 11.8. The molecule has 0 saturated heterocycles. The lowest BCUT2D eigenvalue weighted by Crippen LogP contribution is -2.16. The molecule has 2 N–H and O–H groups in total. The van der Waals surface area contributed by atoms with Gasteiger partial charge in [0.2, 0.25) is 0 Å². The Kier molecular flexibility index (Phi) is 6.24. The number of aryl methyl sites for hydroxylation is 1. The van der Waals surface area contributed by atoms with Gasteiger partial charge < -0.3 is 28.9 Å². The number of aromatic hydroxyl groups is 1. The maximum absolute atomic E-state index is 12.3. The smallest absolute Gasteiger partial charge is 0.338 e. The van der Waals surface area contributed by atoms with Crippen LogP contribution in [0.15, 0.2) is 78.0 Å². The zero-order valence-electron chi connectivity index (χ0n) is 21.5. The molecule has 1 aliphatic rings. The van der Waals surface area contributed by atoms with E-state index in [1.807, 2.05) is 60.3 Å². The number of fused-ring (bicyclic) bond motifs is 2. The number of carbonyl (C=O) groups excluding carboxylic acids is 1. The molecule has 3 aromatic carbocycles. The van der Waals surface area contributed by atoms with E-state index in [-0.39, 0.29) is 12.5 Å². The van der Waals surface area contributed by atoms with Crippen LogP contribution in [0.4, 0.5) is 5.69 Å². The second-order valence-corrected chi connectivity index (χ2v) is 9.06. The van der Waals surface area contributed by atoms with Gasteiger partial charge in [0.25, 0.3) is 0 Å². The Bertz CT molecular complexity index is 1720. The number of carbonyl (C=O) groups is 1. The van der Waals surface area contributed by atoms with Gasteiger partial charge in [-0.15, -0.1) is 0 Å². The van der Waals surface area contributed by atoms with Crippen molar-refractivity contribution in [3.63, 3.8) is 0 Å². The van der Waals surface area contributed by atoms with Gasteiger partial charge in [0.1, 0.15) is 19.0 Å². The SMILES string of the molecule is CCOC(=O)c1ccc2c(C(=Nc3ccc(-c4nccn4C)cc3)c3ccc4c(c3)OCCO4)c(O)[nH]c2c1. The summed E-state index contributed by atoms with van der Waals surface area (Å²) in [6.45, 7) is 2.97. The molecule has 0 amide bonds. The largest absolute Gasteiger partial charge is 0.494 e. The van der Waals surface area contributed by atoms with Gasteiger partial charge >= 0.3 is 5.97 Å². The monoisotopic (exact) mass is 522 g/mol. The molecule has 5 aromatic rings.